The summed E-state index contributed by atoms with van der Waals surface area (Å²) in [4.78, 5) is 9.80. The Kier molecular flexibility index (Phi) is 7.13. The van der Waals surface area contributed by atoms with E-state index in [9.17, 15) is 0 Å². The monoisotopic (exact) mass is 372 g/mol. The van der Waals surface area contributed by atoms with Crippen molar-refractivity contribution in [1.82, 2.24) is 15.1 Å². The molecule has 1 N–H and O–H groups in total. The maximum absolute atomic E-state index is 5.67. The van der Waals surface area contributed by atoms with Gasteiger partial charge in [0.25, 0.3) is 0 Å². The van der Waals surface area contributed by atoms with Gasteiger partial charge in [0.15, 0.2) is 5.96 Å². The SMILES string of the molecule is CCNC(=NCCC(C)N(C)Cc1ccccc1)N1CCC2(CCOC2)C1. The Hall–Kier alpha value is -1.59. The standard InChI is InChI=1S/C22H36N4O/c1-4-23-21(26-14-11-22(17-26)12-15-27-18-22)24-13-10-19(2)25(3)16-20-8-6-5-7-9-20/h5-9,19H,4,10-18H2,1-3H3,(H,23,24). The summed E-state index contributed by atoms with van der Waals surface area (Å²) in [7, 11) is 2.21. The highest BCUT2D eigenvalue weighted by Crippen LogP contribution is 2.38. The topological polar surface area (TPSA) is 40.1 Å². The number of aliphatic imine (C=N–C) groups is 1. The number of benzene rings is 1. The Morgan fingerprint density at radius 1 is 1.33 bits per heavy atom. The molecule has 2 heterocycles. The normalized spacial score (nSPS) is 24.1. The van der Waals surface area contributed by atoms with Crippen LogP contribution in [0.5, 0.6) is 0 Å². The fourth-order valence-corrected chi connectivity index (χ4v) is 4.12. The van der Waals surface area contributed by atoms with Crippen LogP contribution in [0.15, 0.2) is 35.3 Å². The minimum absolute atomic E-state index is 0.374. The zero-order chi connectivity index (χ0) is 19.1. The van der Waals surface area contributed by atoms with Gasteiger partial charge in [0.1, 0.15) is 0 Å². The van der Waals surface area contributed by atoms with Gasteiger partial charge in [0.05, 0.1) is 6.61 Å². The fourth-order valence-electron chi connectivity index (χ4n) is 4.12. The summed E-state index contributed by atoms with van der Waals surface area (Å²) in [5.41, 5.74) is 1.74. The van der Waals surface area contributed by atoms with E-state index in [-0.39, 0.29) is 0 Å². The van der Waals surface area contributed by atoms with Crippen LogP contribution < -0.4 is 5.32 Å². The van der Waals surface area contributed by atoms with Crippen molar-refractivity contribution in [2.75, 3.05) is 46.4 Å². The molecule has 1 aromatic carbocycles. The average Bonchev–Trinajstić information content (AvgIpc) is 3.31. The van der Waals surface area contributed by atoms with Crippen LogP contribution in [0.3, 0.4) is 0 Å². The molecule has 3 rings (SSSR count). The Morgan fingerprint density at radius 2 is 2.15 bits per heavy atom. The molecule has 27 heavy (non-hydrogen) atoms. The van der Waals surface area contributed by atoms with Crippen LogP contribution in [0.25, 0.3) is 0 Å². The molecular weight excluding hydrogens is 336 g/mol. The molecule has 2 atom stereocenters. The third-order valence-corrected chi connectivity index (χ3v) is 6.09. The highest BCUT2D eigenvalue weighted by atomic mass is 16.5. The van der Waals surface area contributed by atoms with Gasteiger partial charge in [0.2, 0.25) is 0 Å². The number of hydrogen-bond donors (Lipinski definition) is 1. The maximum atomic E-state index is 5.67. The molecule has 0 aliphatic carbocycles. The number of likely N-dealkylation sites (tertiary alicyclic amines) is 1. The third kappa shape index (κ3) is 5.45. The Balaban J connectivity index is 1.49. The first-order chi connectivity index (χ1) is 13.1. The van der Waals surface area contributed by atoms with Crippen molar-refractivity contribution in [3.05, 3.63) is 35.9 Å². The van der Waals surface area contributed by atoms with E-state index in [1.54, 1.807) is 0 Å². The van der Waals surface area contributed by atoms with Gasteiger partial charge in [0, 0.05) is 50.8 Å². The smallest absolute Gasteiger partial charge is 0.193 e. The molecule has 150 valence electrons. The minimum Gasteiger partial charge on any atom is -0.381 e. The molecule has 2 unspecified atom stereocenters. The molecule has 2 aliphatic rings. The summed E-state index contributed by atoms with van der Waals surface area (Å²) in [6.07, 6.45) is 3.50. The molecule has 0 bridgehead atoms. The van der Waals surface area contributed by atoms with Crippen LogP contribution in [0, 0.1) is 5.41 Å². The van der Waals surface area contributed by atoms with Gasteiger partial charge in [-0.15, -0.1) is 0 Å². The average molecular weight is 373 g/mol. The van der Waals surface area contributed by atoms with E-state index in [4.69, 9.17) is 9.73 Å². The summed E-state index contributed by atoms with van der Waals surface area (Å²) in [5.74, 6) is 1.08. The number of guanidine groups is 1. The van der Waals surface area contributed by atoms with Crippen molar-refractivity contribution in [3.63, 3.8) is 0 Å². The first-order valence-electron chi connectivity index (χ1n) is 10.5. The van der Waals surface area contributed by atoms with Crippen LogP contribution >= 0.6 is 0 Å². The molecular formula is C22H36N4O. The summed E-state index contributed by atoms with van der Waals surface area (Å²) in [6, 6.07) is 11.2. The van der Waals surface area contributed by atoms with Gasteiger partial charge in [-0.1, -0.05) is 30.3 Å². The van der Waals surface area contributed by atoms with E-state index in [0.29, 0.717) is 11.5 Å². The number of rotatable bonds is 7. The van der Waals surface area contributed by atoms with Gasteiger partial charge in [-0.2, -0.15) is 0 Å². The van der Waals surface area contributed by atoms with E-state index in [1.807, 2.05) is 0 Å². The molecule has 0 saturated carbocycles. The second-order valence-corrected chi connectivity index (χ2v) is 8.25. The van der Waals surface area contributed by atoms with Crippen LogP contribution in [0.4, 0.5) is 0 Å². The fraction of sp³-hybridized carbons (Fsp3) is 0.682. The number of nitrogens with zero attached hydrogens (tertiary/aromatic N) is 3. The van der Waals surface area contributed by atoms with Crippen molar-refractivity contribution in [1.29, 1.82) is 0 Å². The molecule has 0 aromatic heterocycles. The van der Waals surface area contributed by atoms with Crippen LogP contribution in [-0.4, -0.2) is 68.2 Å². The van der Waals surface area contributed by atoms with E-state index >= 15 is 0 Å². The van der Waals surface area contributed by atoms with Gasteiger partial charge in [-0.3, -0.25) is 9.89 Å². The van der Waals surface area contributed by atoms with E-state index < -0.39 is 0 Å². The van der Waals surface area contributed by atoms with Crippen molar-refractivity contribution in [3.8, 4) is 0 Å². The lowest BCUT2D eigenvalue weighted by Crippen LogP contribution is -2.41. The van der Waals surface area contributed by atoms with Crippen molar-refractivity contribution < 1.29 is 4.74 Å². The van der Waals surface area contributed by atoms with Gasteiger partial charge in [-0.05, 0) is 45.7 Å². The second kappa shape index (κ2) is 9.56. The van der Waals surface area contributed by atoms with Crippen LogP contribution in [-0.2, 0) is 11.3 Å². The summed E-state index contributed by atoms with van der Waals surface area (Å²) in [5, 5.41) is 3.50. The van der Waals surface area contributed by atoms with E-state index in [0.717, 1.165) is 58.3 Å². The molecule has 5 nitrogen and oxygen atoms in total. The number of ether oxygens (including phenoxy) is 1. The zero-order valence-corrected chi connectivity index (χ0v) is 17.3. The predicted octanol–water partition coefficient (Wildman–Crippen LogP) is 2.97. The highest BCUT2D eigenvalue weighted by molar-refractivity contribution is 5.80. The first kappa shape index (κ1) is 20.2. The molecule has 2 fully saturated rings. The first-order valence-corrected chi connectivity index (χ1v) is 10.5. The molecule has 0 amide bonds. The van der Waals surface area contributed by atoms with Crippen LogP contribution in [0.1, 0.15) is 38.7 Å². The minimum atomic E-state index is 0.374. The highest BCUT2D eigenvalue weighted by Gasteiger charge is 2.42. The largest absolute Gasteiger partial charge is 0.381 e. The Bertz CT molecular complexity index is 598. The zero-order valence-electron chi connectivity index (χ0n) is 17.3. The van der Waals surface area contributed by atoms with Crippen LogP contribution in [0.2, 0.25) is 0 Å². The molecule has 5 heteroatoms. The molecule has 0 radical (unpaired) electrons. The van der Waals surface area contributed by atoms with Crippen molar-refractivity contribution >= 4 is 5.96 Å². The third-order valence-electron chi connectivity index (χ3n) is 6.09. The molecule has 2 saturated heterocycles. The van der Waals surface area contributed by atoms with E-state index in [2.05, 4.69) is 66.3 Å². The quantitative estimate of drug-likeness (QED) is 0.590. The van der Waals surface area contributed by atoms with Crippen molar-refractivity contribution in [2.45, 2.75) is 45.7 Å². The van der Waals surface area contributed by atoms with Crippen molar-refractivity contribution in [2.24, 2.45) is 10.4 Å². The Morgan fingerprint density at radius 3 is 2.85 bits per heavy atom. The summed E-state index contributed by atoms with van der Waals surface area (Å²) in [6.45, 7) is 11.2. The number of hydrogen-bond acceptors (Lipinski definition) is 3. The Labute approximate surface area is 164 Å². The lowest BCUT2D eigenvalue weighted by molar-refractivity contribution is 0.156. The second-order valence-electron chi connectivity index (χ2n) is 8.25. The molecule has 1 spiro atoms. The summed E-state index contributed by atoms with van der Waals surface area (Å²) < 4.78 is 5.67. The van der Waals surface area contributed by atoms with Gasteiger partial charge < -0.3 is 15.0 Å². The van der Waals surface area contributed by atoms with Gasteiger partial charge >= 0.3 is 0 Å². The van der Waals surface area contributed by atoms with Gasteiger partial charge in [-0.25, -0.2) is 0 Å². The van der Waals surface area contributed by atoms with E-state index in [1.165, 1.54) is 18.4 Å². The maximum Gasteiger partial charge on any atom is 0.193 e. The lowest BCUT2D eigenvalue weighted by Gasteiger charge is -2.26. The lowest BCUT2D eigenvalue weighted by atomic mass is 9.87. The molecule has 2 aliphatic heterocycles. The predicted molar refractivity (Wildman–Crippen MR) is 112 cm³/mol. The number of nitrogens with one attached hydrogen (secondary N) is 1. The molecule has 1 aromatic rings. The summed E-state index contributed by atoms with van der Waals surface area (Å²) >= 11 is 0.